The van der Waals surface area contributed by atoms with Gasteiger partial charge in [-0.1, -0.05) is 30.9 Å². The van der Waals surface area contributed by atoms with E-state index in [1.807, 2.05) is 6.92 Å². The Morgan fingerprint density at radius 2 is 2.12 bits per heavy atom. The van der Waals surface area contributed by atoms with Crippen LogP contribution in [0.1, 0.15) is 58.8 Å². The normalized spacial score (nSPS) is 24.9. The van der Waals surface area contributed by atoms with Gasteiger partial charge < -0.3 is 4.74 Å². The topological polar surface area (TPSA) is 26.3 Å². The maximum Gasteiger partial charge on any atom is 0.306 e. The second-order valence-electron chi connectivity index (χ2n) is 4.52. The van der Waals surface area contributed by atoms with E-state index in [1.54, 1.807) is 0 Å². The molecule has 0 spiro atoms. The number of carbonyl (C=O) groups is 1. The van der Waals surface area contributed by atoms with Crippen molar-refractivity contribution >= 4 is 5.97 Å². The van der Waals surface area contributed by atoms with Gasteiger partial charge in [0.05, 0.1) is 13.0 Å². The lowest BCUT2D eigenvalue weighted by molar-refractivity contribution is -0.144. The standard InChI is InChI=1S/C14H24O2/c1-3-12-9-7-5-6-8-10-13(12)11-14(15)16-4-2/h3,13H,4-11H2,1-2H3/b12-3-/t13-/m1/s1. The molecule has 16 heavy (non-hydrogen) atoms. The molecule has 0 aromatic carbocycles. The van der Waals surface area contributed by atoms with E-state index in [9.17, 15) is 4.79 Å². The fraction of sp³-hybridized carbons (Fsp3) is 0.786. The number of hydrogen-bond donors (Lipinski definition) is 0. The van der Waals surface area contributed by atoms with Crippen LogP contribution in [-0.4, -0.2) is 12.6 Å². The van der Waals surface area contributed by atoms with Crippen molar-refractivity contribution in [1.82, 2.24) is 0 Å². The summed E-state index contributed by atoms with van der Waals surface area (Å²) in [7, 11) is 0. The summed E-state index contributed by atoms with van der Waals surface area (Å²) in [5.41, 5.74) is 1.47. The molecule has 0 aromatic rings. The molecule has 2 nitrogen and oxygen atoms in total. The number of esters is 1. The van der Waals surface area contributed by atoms with E-state index in [0.717, 1.165) is 6.42 Å². The lowest BCUT2D eigenvalue weighted by atomic mass is 9.84. The van der Waals surface area contributed by atoms with E-state index in [0.29, 0.717) is 18.9 Å². The Balaban J connectivity index is 2.53. The zero-order valence-corrected chi connectivity index (χ0v) is 10.6. The third-order valence-electron chi connectivity index (χ3n) is 3.38. The molecular formula is C14H24O2. The van der Waals surface area contributed by atoms with Crippen LogP contribution >= 0.6 is 0 Å². The molecule has 0 bridgehead atoms. The zero-order chi connectivity index (χ0) is 11.8. The second kappa shape index (κ2) is 7.48. The smallest absolute Gasteiger partial charge is 0.306 e. The number of hydrogen-bond acceptors (Lipinski definition) is 2. The summed E-state index contributed by atoms with van der Waals surface area (Å²) in [6.07, 6.45) is 10.3. The molecule has 1 rings (SSSR count). The van der Waals surface area contributed by atoms with Crippen molar-refractivity contribution in [2.75, 3.05) is 6.61 Å². The molecular weight excluding hydrogens is 200 g/mol. The predicted molar refractivity (Wildman–Crippen MR) is 66.2 cm³/mol. The maximum atomic E-state index is 11.5. The van der Waals surface area contributed by atoms with Gasteiger partial charge in [0.25, 0.3) is 0 Å². The molecule has 0 radical (unpaired) electrons. The minimum absolute atomic E-state index is 0.0348. The molecule has 0 N–H and O–H groups in total. The van der Waals surface area contributed by atoms with Crippen LogP contribution in [0.3, 0.4) is 0 Å². The molecule has 2 heteroatoms. The summed E-state index contributed by atoms with van der Waals surface area (Å²) in [6.45, 7) is 4.46. The minimum Gasteiger partial charge on any atom is -0.466 e. The van der Waals surface area contributed by atoms with Crippen LogP contribution in [0.5, 0.6) is 0 Å². The van der Waals surface area contributed by atoms with Crippen LogP contribution in [0.15, 0.2) is 11.6 Å². The first-order chi connectivity index (χ1) is 7.77. The largest absolute Gasteiger partial charge is 0.466 e. The third kappa shape index (κ3) is 4.38. The third-order valence-corrected chi connectivity index (χ3v) is 3.38. The number of allylic oxidation sites excluding steroid dienone is 2. The van der Waals surface area contributed by atoms with Gasteiger partial charge in [-0.25, -0.2) is 0 Å². The summed E-state index contributed by atoms with van der Waals surface area (Å²) < 4.78 is 5.04. The highest BCUT2D eigenvalue weighted by molar-refractivity contribution is 5.70. The van der Waals surface area contributed by atoms with Crippen LogP contribution in [-0.2, 0) is 9.53 Å². The van der Waals surface area contributed by atoms with Gasteiger partial charge in [-0.15, -0.1) is 0 Å². The summed E-state index contributed by atoms with van der Waals surface area (Å²) in [6, 6.07) is 0. The molecule has 0 aliphatic heterocycles. The number of rotatable bonds is 3. The quantitative estimate of drug-likeness (QED) is 0.537. The van der Waals surface area contributed by atoms with Crippen LogP contribution < -0.4 is 0 Å². The second-order valence-corrected chi connectivity index (χ2v) is 4.52. The van der Waals surface area contributed by atoms with Crippen molar-refractivity contribution in [1.29, 1.82) is 0 Å². The van der Waals surface area contributed by atoms with Gasteiger partial charge in [-0.05, 0) is 39.0 Å². The highest BCUT2D eigenvalue weighted by Crippen LogP contribution is 2.29. The van der Waals surface area contributed by atoms with Gasteiger partial charge in [0.1, 0.15) is 0 Å². The maximum absolute atomic E-state index is 11.5. The Morgan fingerprint density at radius 1 is 1.38 bits per heavy atom. The van der Waals surface area contributed by atoms with Crippen molar-refractivity contribution < 1.29 is 9.53 Å². The van der Waals surface area contributed by atoms with Gasteiger partial charge in [-0.2, -0.15) is 0 Å². The van der Waals surface area contributed by atoms with Gasteiger partial charge in [0.15, 0.2) is 0 Å². The molecule has 0 amide bonds. The Bertz CT molecular complexity index is 243. The highest BCUT2D eigenvalue weighted by atomic mass is 16.5. The molecule has 0 heterocycles. The Labute approximate surface area is 99.1 Å². The Kier molecular flexibility index (Phi) is 6.20. The monoisotopic (exact) mass is 224 g/mol. The molecule has 1 atom stereocenters. The first kappa shape index (κ1) is 13.3. The summed E-state index contributed by atoms with van der Waals surface area (Å²) in [5.74, 6) is 0.400. The Morgan fingerprint density at radius 3 is 2.81 bits per heavy atom. The fourth-order valence-corrected chi connectivity index (χ4v) is 2.50. The van der Waals surface area contributed by atoms with Gasteiger partial charge in [-0.3, -0.25) is 4.79 Å². The average molecular weight is 224 g/mol. The number of ether oxygens (including phenoxy) is 1. The minimum atomic E-state index is -0.0348. The predicted octanol–water partition coefficient (Wildman–Crippen LogP) is 3.86. The molecule has 0 unspecified atom stereocenters. The van der Waals surface area contributed by atoms with E-state index >= 15 is 0 Å². The fourth-order valence-electron chi connectivity index (χ4n) is 2.50. The zero-order valence-electron chi connectivity index (χ0n) is 10.6. The molecule has 1 aliphatic carbocycles. The van der Waals surface area contributed by atoms with Gasteiger partial charge in [0.2, 0.25) is 0 Å². The number of carbonyl (C=O) groups excluding carboxylic acids is 1. The molecule has 1 aliphatic rings. The lowest BCUT2D eigenvalue weighted by Gasteiger charge is -2.22. The Hall–Kier alpha value is -0.790. The van der Waals surface area contributed by atoms with E-state index in [1.165, 1.54) is 37.7 Å². The van der Waals surface area contributed by atoms with Crippen LogP contribution in [0.2, 0.25) is 0 Å². The van der Waals surface area contributed by atoms with Crippen molar-refractivity contribution in [2.24, 2.45) is 5.92 Å². The van der Waals surface area contributed by atoms with E-state index in [-0.39, 0.29) is 5.97 Å². The average Bonchev–Trinajstić information content (AvgIpc) is 2.23. The molecule has 1 saturated carbocycles. The van der Waals surface area contributed by atoms with Crippen LogP contribution in [0.25, 0.3) is 0 Å². The molecule has 0 saturated heterocycles. The molecule has 92 valence electrons. The van der Waals surface area contributed by atoms with Crippen molar-refractivity contribution in [3.05, 3.63) is 11.6 Å². The van der Waals surface area contributed by atoms with Crippen molar-refractivity contribution in [3.8, 4) is 0 Å². The lowest BCUT2D eigenvalue weighted by Crippen LogP contribution is -2.15. The summed E-state index contributed by atoms with van der Waals surface area (Å²) >= 11 is 0. The van der Waals surface area contributed by atoms with Gasteiger partial charge in [0, 0.05) is 0 Å². The van der Waals surface area contributed by atoms with Crippen molar-refractivity contribution in [3.63, 3.8) is 0 Å². The SMILES string of the molecule is C/C=C1/CCCCCC[C@@H]1CC(=O)OCC. The highest BCUT2D eigenvalue weighted by Gasteiger charge is 2.19. The first-order valence-corrected chi connectivity index (χ1v) is 6.58. The van der Waals surface area contributed by atoms with Crippen LogP contribution in [0.4, 0.5) is 0 Å². The molecule has 0 aromatic heterocycles. The summed E-state index contributed by atoms with van der Waals surface area (Å²) in [4.78, 5) is 11.5. The summed E-state index contributed by atoms with van der Waals surface area (Å²) in [5, 5.41) is 0. The van der Waals surface area contributed by atoms with E-state index in [2.05, 4.69) is 13.0 Å². The molecule has 1 fully saturated rings. The van der Waals surface area contributed by atoms with E-state index < -0.39 is 0 Å². The van der Waals surface area contributed by atoms with Crippen molar-refractivity contribution in [2.45, 2.75) is 58.8 Å². The van der Waals surface area contributed by atoms with Crippen LogP contribution in [0, 0.1) is 5.92 Å². The van der Waals surface area contributed by atoms with E-state index in [4.69, 9.17) is 4.74 Å². The van der Waals surface area contributed by atoms with Gasteiger partial charge >= 0.3 is 5.97 Å². The first-order valence-electron chi connectivity index (χ1n) is 6.58.